The molecule has 2 rings (SSSR count). The van der Waals surface area contributed by atoms with Crippen molar-refractivity contribution < 1.29 is 23.9 Å². The summed E-state index contributed by atoms with van der Waals surface area (Å²) in [5.74, 6) is -0.238. The van der Waals surface area contributed by atoms with E-state index in [-0.39, 0.29) is 30.9 Å². The maximum atomic E-state index is 12.2. The summed E-state index contributed by atoms with van der Waals surface area (Å²) in [7, 11) is 0. The molecule has 0 atom stereocenters. The second-order valence-electron chi connectivity index (χ2n) is 8.10. The van der Waals surface area contributed by atoms with Crippen molar-refractivity contribution in [1.82, 2.24) is 16.2 Å². The third-order valence-electron chi connectivity index (χ3n) is 4.50. The molecule has 172 valence electrons. The van der Waals surface area contributed by atoms with Crippen molar-refractivity contribution in [2.24, 2.45) is 0 Å². The lowest BCUT2D eigenvalue weighted by atomic mass is 9.87. The summed E-state index contributed by atoms with van der Waals surface area (Å²) in [6.45, 7) is 8.49. The molecule has 0 unspecified atom stereocenters. The lowest BCUT2D eigenvalue weighted by molar-refractivity contribution is -0.130. The molecule has 0 aromatic heterocycles. The standard InChI is InChI=1S/C24H31N3O5/c1-5-31-19-8-6-7-9-20(19)32-16-22(29)27-26-21(28)14-15-25-23(30)17-10-12-18(13-11-17)24(2,3)4/h6-13H,5,14-16H2,1-4H3,(H,25,30)(H,26,28)(H,27,29). The molecule has 8 nitrogen and oxygen atoms in total. The van der Waals surface area contributed by atoms with E-state index in [9.17, 15) is 14.4 Å². The monoisotopic (exact) mass is 441 g/mol. The van der Waals surface area contributed by atoms with Gasteiger partial charge in [-0.1, -0.05) is 45.0 Å². The first-order chi connectivity index (χ1) is 15.2. The van der Waals surface area contributed by atoms with Crippen LogP contribution in [0.3, 0.4) is 0 Å². The van der Waals surface area contributed by atoms with Gasteiger partial charge in [-0.25, -0.2) is 0 Å². The topological polar surface area (TPSA) is 106 Å². The molecule has 0 heterocycles. The van der Waals surface area contributed by atoms with E-state index >= 15 is 0 Å². The Morgan fingerprint density at radius 3 is 2.03 bits per heavy atom. The van der Waals surface area contributed by atoms with Gasteiger partial charge >= 0.3 is 0 Å². The van der Waals surface area contributed by atoms with E-state index in [1.54, 1.807) is 36.4 Å². The van der Waals surface area contributed by atoms with Crippen LogP contribution in [-0.4, -0.2) is 37.5 Å². The van der Waals surface area contributed by atoms with Crippen LogP contribution in [0.1, 0.15) is 50.0 Å². The van der Waals surface area contributed by atoms with Crippen LogP contribution in [0, 0.1) is 0 Å². The van der Waals surface area contributed by atoms with Crippen LogP contribution < -0.4 is 25.6 Å². The molecule has 3 amide bonds. The molecule has 3 N–H and O–H groups in total. The maximum Gasteiger partial charge on any atom is 0.276 e. The highest BCUT2D eigenvalue weighted by molar-refractivity contribution is 5.94. The normalized spacial score (nSPS) is 10.8. The summed E-state index contributed by atoms with van der Waals surface area (Å²) >= 11 is 0. The van der Waals surface area contributed by atoms with Crippen molar-refractivity contribution in [3.8, 4) is 11.5 Å². The first kappa shape index (κ1) is 24.7. The zero-order valence-electron chi connectivity index (χ0n) is 19.0. The third-order valence-corrected chi connectivity index (χ3v) is 4.50. The number of rotatable bonds is 9. The van der Waals surface area contributed by atoms with E-state index in [0.29, 0.717) is 23.7 Å². The average Bonchev–Trinajstić information content (AvgIpc) is 2.76. The molecule has 32 heavy (non-hydrogen) atoms. The predicted octanol–water partition coefficient (Wildman–Crippen LogP) is 2.73. The minimum atomic E-state index is -0.521. The lowest BCUT2D eigenvalue weighted by Crippen LogP contribution is -2.44. The van der Waals surface area contributed by atoms with Gasteiger partial charge in [0, 0.05) is 18.5 Å². The number of nitrogens with one attached hydrogen (secondary N) is 3. The number of amides is 3. The van der Waals surface area contributed by atoms with E-state index in [4.69, 9.17) is 9.47 Å². The van der Waals surface area contributed by atoms with Crippen molar-refractivity contribution in [1.29, 1.82) is 0 Å². The summed E-state index contributed by atoms with van der Waals surface area (Å²) in [4.78, 5) is 36.0. The molecular formula is C24H31N3O5. The second kappa shape index (κ2) is 11.7. The second-order valence-corrected chi connectivity index (χ2v) is 8.10. The first-order valence-electron chi connectivity index (χ1n) is 10.5. The number of benzene rings is 2. The summed E-state index contributed by atoms with van der Waals surface area (Å²) in [6.07, 6.45) is 0.0140. The van der Waals surface area contributed by atoms with Gasteiger partial charge in [0.05, 0.1) is 6.61 Å². The Balaban J connectivity index is 1.68. The van der Waals surface area contributed by atoms with Crippen LogP contribution in [0.4, 0.5) is 0 Å². The van der Waals surface area contributed by atoms with Crippen LogP contribution in [0.2, 0.25) is 0 Å². The lowest BCUT2D eigenvalue weighted by Gasteiger charge is -2.19. The van der Waals surface area contributed by atoms with Crippen molar-refractivity contribution >= 4 is 17.7 Å². The molecule has 0 aliphatic heterocycles. The Hall–Kier alpha value is -3.55. The number of hydrogen-bond acceptors (Lipinski definition) is 5. The SMILES string of the molecule is CCOc1ccccc1OCC(=O)NNC(=O)CCNC(=O)c1ccc(C(C)(C)C)cc1. The maximum absolute atomic E-state index is 12.2. The molecule has 0 fully saturated rings. The Labute approximate surface area is 188 Å². The van der Waals surface area contributed by atoms with Crippen LogP contribution in [0.25, 0.3) is 0 Å². The van der Waals surface area contributed by atoms with Gasteiger partial charge in [-0.05, 0) is 42.2 Å². The fourth-order valence-corrected chi connectivity index (χ4v) is 2.74. The number of hydrogen-bond donors (Lipinski definition) is 3. The summed E-state index contributed by atoms with van der Waals surface area (Å²) in [5.41, 5.74) is 6.24. The number of ether oxygens (including phenoxy) is 2. The largest absolute Gasteiger partial charge is 0.490 e. The highest BCUT2D eigenvalue weighted by atomic mass is 16.5. The number of para-hydroxylation sites is 2. The summed E-state index contributed by atoms with van der Waals surface area (Å²) < 4.78 is 10.9. The highest BCUT2D eigenvalue weighted by Gasteiger charge is 2.14. The van der Waals surface area contributed by atoms with E-state index in [0.717, 1.165) is 5.56 Å². The fourth-order valence-electron chi connectivity index (χ4n) is 2.74. The van der Waals surface area contributed by atoms with Gasteiger partial charge in [0.2, 0.25) is 5.91 Å². The number of carbonyl (C=O) groups is 3. The molecule has 2 aromatic rings. The van der Waals surface area contributed by atoms with Gasteiger partial charge in [-0.2, -0.15) is 0 Å². The quantitative estimate of drug-likeness (QED) is 0.519. The van der Waals surface area contributed by atoms with Gasteiger partial charge in [-0.15, -0.1) is 0 Å². The van der Waals surface area contributed by atoms with Crippen molar-refractivity contribution in [2.45, 2.75) is 39.5 Å². The number of carbonyl (C=O) groups excluding carboxylic acids is 3. The molecule has 0 spiro atoms. The Morgan fingerprint density at radius 1 is 0.844 bits per heavy atom. The molecule has 0 saturated carbocycles. The van der Waals surface area contributed by atoms with Crippen LogP contribution in [0.15, 0.2) is 48.5 Å². The van der Waals surface area contributed by atoms with Crippen molar-refractivity contribution in [2.75, 3.05) is 19.8 Å². The molecular weight excluding hydrogens is 410 g/mol. The molecule has 0 aliphatic rings. The predicted molar refractivity (Wildman–Crippen MR) is 121 cm³/mol. The van der Waals surface area contributed by atoms with Gasteiger partial charge < -0.3 is 14.8 Å². The molecule has 8 heteroatoms. The van der Waals surface area contributed by atoms with Crippen molar-refractivity contribution in [3.05, 3.63) is 59.7 Å². The van der Waals surface area contributed by atoms with E-state index in [1.807, 2.05) is 19.1 Å². The molecule has 0 bridgehead atoms. The molecule has 0 saturated heterocycles. The van der Waals surface area contributed by atoms with Crippen LogP contribution >= 0.6 is 0 Å². The van der Waals surface area contributed by atoms with Gasteiger partial charge in [0.1, 0.15) is 0 Å². The zero-order chi connectivity index (χ0) is 23.6. The Kier molecular flexibility index (Phi) is 9.07. The first-order valence-corrected chi connectivity index (χ1v) is 10.5. The average molecular weight is 442 g/mol. The molecule has 0 radical (unpaired) electrons. The third kappa shape index (κ3) is 7.94. The molecule has 2 aromatic carbocycles. The zero-order valence-corrected chi connectivity index (χ0v) is 19.0. The van der Waals surface area contributed by atoms with Gasteiger partial charge in [0.25, 0.3) is 11.8 Å². The van der Waals surface area contributed by atoms with Gasteiger partial charge in [-0.3, -0.25) is 25.2 Å². The van der Waals surface area contributed by atoms with Gasteiger partial charge in [0.15, 0.2) is 18.1 Å². The molecule has 0 aliphatic carbocycles. The van der Waals surface area contributed by atoms with Crippen molar-refractivity contribution in [3.63, 3.8) is 0 Å². The summed E-state index contributed by atoms with van der Waals surface area (Å²) in [6, 6.07) is 14.4. The Bertz CT molecular complexity index is 920. The van der Waals surface area contributed by atoms with Crippen LogP contribution in [-0.2, 0) is 15.0 Å². The fraction of sp³-hybridized carbons (Fsp3) is 0.375. The smallest absolute Gasteiger partial charge is 0.276 e. The minimum Gasteiger partial charge on any atom is -0.490 e. The minimum absolute atomic E-state index is 0.00917. The van der Waals surface area contributed by atoms with E-state index < -0.39 is 11.8 Å². The summed E-state index contributed by atoms with van der Waals surface area (Å²) in [5, 5.41) is 2.69. The van der Waals surface area contributed by atoms with E-state index in [2.05, 4.69) is 36.9 Å². The van der Waals surface area contributed by atoms with E-state index in [1.165, 1.54) is 0 Å². The number of hydrazine groups is 1. The highest BCUT2D eigenvalue weighted by Crippen LogP contribution is 2.26. The van der Waals surface area contributed by atoms with Crippen LogP contribution in [0.5, 0.6) is 11.5 Å². The Morgan fingerprint density at radius 2 is 1.44 bits per heavy atom.